The van der Waals surface area contributed by atoms with E-state index in [-0.39, 0.29) is 7.14 Å². The van der Waals surface area contributed by atoms with Crippen LogP contribution in [0, 0.1) is 7.14 Å². The van der Waals surface area contributed by atoms with Crippen LogP contribution in [-0.4, -0.2) is 24.1 Å². The molecule has 9 heteroatoms. The van der Waals surface area contributed by atoms with E-state index in [1.54, 1.807) is 6.07 Å². The Bertz CT molecular complexity index is 641. The first-order chi connectivity index (χ1) is 8.84. The molecule has 1 heterocycles. The molecule has 2 aromatic rings. The molecule has 0 aliphatic carbocycles. The van der Waals surface area contributed by atoms with Gasteiger partial charge in [0.15, 0.2) is 0 Å². The predicted octanol–water partition coefficient (Wildman–Crippen LogP) is 2.81. The van der Waals surface area contributed by atoms with E-state index in [0.29, 0.717) is 0 Å². The van der Waals surface area contributed by atoms with Crippen molar-refractivity contribution in [3.63, 3.8) is 0 Å². The van der Waals surface area contributed by atoms with Gasteiger partial charge in [-0.05, 0) is 0 Å². The van der Waals surface area contributed by atoms with Gasteiger partial charge < -0.3 is 0 Å². The molecule has 1 aromatic carbocycles. The van der Waals surface area contributed by atoms with Crippen LogP contribution in [0.2, 0.25) is 0 Å². The molecule has 0 aliphatic rings. The van der Waals surface area contributed by atoms with Crippen molar-refractivity contribution in [2.45, 2.75) is 5.51 Å². The van der Waals surface area contributed by atoms with Crippen molar-refractivity contribution in [2.24, 2.45) is 0 Å². The molecule has 4 nitrogen and oxygen atoms in total. The van der Waals surface area contributed by atoms with E-state index in [0.717, 1.165) is 6.20 Å². The van der Waals surface area contributed by atoms with Crippen molar-refractivity contribution in [3.05, 3.63) is 49.9 Å². The summed E-state index contributed by atoms with van der Waals surface area (Å²) >= 11 is -3.70. The molecule has 0 unspecified atom stereocenters. The number of aromatic nitrogens is 2. The van der Waals surface area contributed by atoms with E-state index in [1.807, 2.05) is 0 Å². The van der Waals surface area contributed by atoms with Gasteiger partial charge in [0.2, 0.25) is 0 Å². The molecule has 1 N–H and O–H groups in total. The van der Waals surface area contributed by atoms with Crippen LogP contribution in [0.4, 0.5) is 13.2 Å². The van der Waals surface area contributed by atoms with Gasteiger partial charge in [-0.2, -0.15) is 0 Å². The predicted molar refractivity (Wildman–Crippen MR) is 71.4 cm³/mol. The molecule has 0 spiro atoms. The maximum atomic E-state index is 12.8. The monoisotopic (exact) mass is 404 g/mol. The van der Waals surface area contributed by atoms with Crippen LogP contribution in [0.1, 0.15) is 0 Å². The standard InChI is InChI=1S/C10H8F3IN2O2S/c11-10(12,13)19(17,18)14(9-6-15-16-7-9)8-4-2-1-3-5-8/h1-7H,(H,15,16). The number of nitrogens with zero attached hydrogens (tertiary/aromatic N) is 1. The van der Waals surface area contributed by atoms with Crippen LogP contribution in [0.5, 0.6) is 0 Å². The summed E-state index contributed by atoms with van der Waals surface area (Å²) in [6.07, 6.45) is 2.35. The summed E-state index contributed by atoms with van der Waals surface area (Å²) in [5.41, 5.74) is -5.26. The van der Waals surface area contributed by atoms with Gasteiger partial charge in [-0.3, -0.25) is 0 Å². The van der Waals surface area contributed by atoms with Gasteiger partial charge in [0.25, 0.3) is 0 Å². The van der Waals surface area contributed by atoms with Gasteiger partial charge in [0.1, 0.15) is 0 Å². The van der Waals surface area contributed by atoms with Gasteiger partial charge in [0, 0.05) is 0 Å². The Labute approximate surface area is 112 Å². The van der Waals surface area contributed by atoms with Crippen molar-refractivity contribution in [2.75, 3.05) is 0 Å². The van der Waals surface area contributed by atoms with Crippen molar-refractivity contribution in [1.29, 1.82) is 0 Å². The average molecular weight is 404 g/mol. The van der Waals surface area contributed by atoms with E-state index in [4.69, 9.17) is 0 Å². The fraction of sp³-hybridized carbons (Fsp3) is 0.100. The van der Waals surface area contributed by atoms with E-state index in [1.165, 1.54) is 30.5 Å². The molecular formula is C10H8F3IN2O2S. The van der Waals surface area contributed by atoms with Gasteiger partial charge in [0.05, 0.1) is 0 Å². The molecule has 19 heavy (non-hydrogen) atoms. The summed E-state index contributed by atoms with van der Waals surface area (Å²) in [4.78, 5) is 0. The first-order valence-electron chi connectivity index (χ1n) is 4.90. The number of rotatable bonds is 3. The van der Waals surface area contributed by atoms with Crippen LogP contribution >= 0.6 is 18.4 Å². The Hall–Kier alpha value is -1.10. The van der Waals surface area contributed by atoms with Crippen LogP contribution < -0.4 is 0 Å². The second kappa shape index (κ2) is 5.12. The van der Waals surface area contributed by atoms with Gasteiger partial charge >= 0.3 is 113 Å². The zero-order valence-electron chi connectivity index (χ0n) is 9.23. The normalized spacial score (nSPS) is 13.3. The number of halogens is 4. The van der Waals surface area contributed by atoms with Crippen LogP contribution in [0.25, 0.3) is 0 Å². The summed E-state index contributed by atoms with van der Waals surface area (Å²) < 4.78 is 62.2. The summed E-state index contributed by atoms with van der Waals surface area (Å²) in [5.74, 6) is 0. The van der Waals surface area contributed by atoms with Crippen LogP contribution in [0.3, 0.4) is 0 Å². The molecular weight excluding hydrogens is 396 g/mol. The Balaban J connectivity index is 2.61. The first-order valence-corrected chi connectivity index (χ1v) is 11.1. The van der Waals surface area contributed by atoms with E-state index < -0.39 is 31.0 Å². The Morgan fingerprint density at radius 1 is 1.11 bits per heavy atom. The zero-order valence-corrected chi connectivity index (χ0v) is 12.2. The molecule has 1 aromatic heterocycles. The number of hydrogen-bond acceptors (Lipinski definition) is 3. The van der Waals surface area contributed by atoms with Crippen molar-refractivity contribution in [1.82, 2.24) is 10.2 Å². The van der Waals surface area contributed by atoms with Gasteiger partial charge in [-0.1, -0.05) is 0 Å². The second-order valence-electron chi connectivity index (χ2n) is 3.34. The number of H-pyrrole nitrogens is 1. The van der Waals surface area contributed by atoms with Crippen molar-refractivity contribution < 1.29 is 21.6 Å². The molecule has 0 amide bonds. The molecule has 0 fully saturated rings. The average Bonchev–Trinajstić information content (AvgIpc) is 2.82. The quantitative estimate of drug-likeness (QED) is 0.633. The minimum absolute atomic E-state index is 0.104. The fourth-order valence-corrected chi connectivity index (χ4v) is 11.3. The number of aromatic amines is 1. The number of hydrogen-bond donors (Lipinski definition) is 1. The summed E-state index contributed by atoms with van der Waals surface area (Å²) in [5, 5.41) is 5.91. The SMILES string of the molecule is O=S(=O)(I(c1ccccc1)c1cn[nH]c1)C(F)(F)F. The molecule has 0 bridgehead atoms. The minimum atomic E-state index is -5.26. The number of nitrogens with one attached hydrogen (secondary N) is 1. The zero-order chi connectivity index (χ0) is 14.1. The third-order valence-electron chi connectivity index (χ3n) is 2.07. The maximum absolute atomic E-state index is 12.8. The van der Waals surface area contributed by atoms with E-state index in [2.05, 4.69) is 10.2 Å². The molecule has 0 aliphatic heterocycles. The third kappa shape index (κ3) is 2.76. The van der Waals surface area contributed by atoms with Crippen molar-refractivity contribution in [3.8, 4) is 0 Å². The Kier molecular flexibility index (Phi) is 3.85. The number of benzene rings is 1. The number of alkyl halides is 3. The van der Waals surface area contributed by atoms with Crippen LogP contribution in [0.15, 0.2) is 42.7 Å². The van der Waals surface area contributed by atoms with Gasteiger partial charge in [-0.15, -0.1) is 0 Å². The molecule has 104 valence electrons. The van der Waals surface area contributed by atoms with E-state index in [9.17, 15) is 21.6 Å². The topological polar surface area (TPSA) is 62.8 Å². The first kappa shape index (κ1) is 14.3. The molecule has 2 rings (SSSR count). The molecule has 0 saturated heterocycles. The van der Waals surface area contributed by atoms with Crippen molar-refractivity contribution >= 4 is 25.4 Å². The van der Waals surface area contributed by atoms with Gasteiger partial charge in [-0.25, -0.2) is 0 Å². The summed E-state index contributed by atoms with van der Waals surface area (Å²) in [6, 6.07) is 7.47. The summed E-state index contributed by atoms with van der Waals surface area (Å²) in [6.45, 7) is 0. The fourth-order valence-electron chi connectivity index (χ4n) is 1.31. The van der Waals surface area contributed by atoms with E-state index >= 15 is 0 Å². The Morgan fingerprint density at radius 2 is 1.74 bits per heavy atom. The molecule has 0 radical (unpaired) electrons. The third-order valence-corrected chi connectivity index (χ3v) is 14.0. The van der Waals surface area contributed by atoms with Crippen LogP contribution in [-0.2, 0) is 7.01 Å². The summed E-state index contributed by atoms with van der Waals surface area (Å²) in [7, 11) is -5.22. The Morgan fingerprint density at radius 3 is 2.21 bits per heavy atom. The second-order valence-corrected chi connectivity index (χ2v) is 14.1. The molecule has 0 atom stereocenters. The molecule has 0 saturated carbocycles.